The SMILES string of the molecule is CCCCC1(OC(=O)C2CC3C=CC2C3)CC2CCC1C2. The predicted octanol–water partition coefficient (Wildman–Crippen LogP) is 4.49. The quantitative estimate of drug-likeness (QED) is 0.550. The Labute approximate surface area is 128 Å². The van der Waals surface area contributed by atoms with Gasteiger partial charge >= 0.3 is 5.97 Å². The molecule has 0 amide bonds. The molecule has 21 heavy (non-hydrogen) atoms. The Morgan fingerprint density at radius 1 is 1.24 bits per heavy atom. The number of hydrogen-bond donors (Lipinski definition) is 0. The van der Waals surface area contributed by atoms with Crippen molar-refractivity contribution in [2.24, 2.45) is 29.6 Å². The highest BCUT2D eigenvalue weighted by molar-refractivity contribution is 5.74. The maximum atomic E-state index is 12.8. The third-order valence-electron chi connectivity index (χ3n) is 6.76. The van der Waals surface area contributed by atoms with Crippen LogP contribution in [0.15, 0.2) is 12.2 Å². The van der Waals surface area contributed by atoms with Crippen LogP contribution in [-0.4, -0.2) is 11.6 Å². The van der Waals surface area contributed by atoms with Crippen molar-refractivity contribution in [1.29, 1.82) is 0 Å². The van der Waals surface area contributed by atoms with E-state index in [9.17, 15) is 4.79 Å². The van der Waals surface area contributed by atoms with Crippen LogP contribution in [0.4, 0.5) is 0 Å². The lowest BCUT2D eigenvalue weighted by molar-refractivity contribution is -0.173. The molecular formula is C19H28O2. The number of fused-ring (bicyclic) bond motifs is 4. The zero-order valence-corrected chi connectivity index (χ0v) is 13.2. The molecule has 0 aromatic heterocycles. The number of hydrogen-bond acceptors (Lipinski definition) is 2. The fourth-order valence-electron chi connectivity index (χ4n) is 5.68. The molecule has 0 heterocycles. The third-order valence-corrected chi connectivity index (χ3v) is 6.76. The van der Waals surface area contributed by atoms with Gasteiger partial charge in [-0.25, -0.2) is 0 Å². The number of carbonyl (C=O) groups is 1. The van der Waals surface area contributed by atoms with Crippen LogP contribution in [0.3, 0.4) is 0 Å². The Balaban J connectivity index is 1.47. The Morgan fingerprint density at radius 2 is 2.14 bits per heavy atom. The van der Waals surface area contributed by atoms with E-state index in [0.717, 1.165) is 25.2 Å². The number of esters is 1. The van der Waals surface area contributed by atoms with E-state index in [2.05, 4.69) is 19.1 Å². The molecular weight excluding hydrogens is 260 g/mol. The molecule has 6 unspecified atom stereocenters. The molecule has 0 spiro atoms. The van der Waals surface area contributed by atoms with Crippen molar-refractivity contribution in [2.45, 2.75) is 70.3 Å². The van der Waals surface area contributed by atoms with E-state index in [4.69, 9.17) is 4.74 Å². The topological polar surface area (TPSA) is 26.3 Å². The molecule has 0 saturated heterocycles. The summed E-state index contributed by atoms with van der Waals surface area (Å²) >= 11 is 0. The van der Waals surface area contributed by atoms with Crippen LogP contribution in [-0.2, 0) is 9.53 Å². The number of rotatable bonds is 5. The number of unbranched alkanes of at least 4 members (excludes halogenated alkanes) is 1. The van der Waals surface area contributed by atoms with Crippen LogP contribution in [0, 0.1) is 29.6 Å². The average molecular weight is 288 g/mol. The fraction of sp³-hybridized carbons (Fsp3) is 0.842. The highest BCUT2D eigenvalue weighted by Gasteiger charge is 2.54. The van der Waals surface area contributed by atoms with Gasteiger partial charge in [0.05, 0.1) is 5.92 Å². The summed E-state index contributed by atoms with van der Waals surface area (Å²) in [5, 5.41) is 0. The minimum atomic E-state index is -0.0818. The second-order valence-electron chi connectivity index (χ2n) is 8.06. The second kappa shape index (κ2) is 5.14. The van der Waals surface area contributed by atoms with E-state index in [1.807, 2.05) is 0 Å². The van der Waals surface area contributed by atoms with Crippen molar-refractivity contribution in [3.63, 3.8) is 0 Å². The highest BCUT2D eigenvalue weighted by Crippen LogP contribution is 2.55. The lowest BCUT2D eigenvalue weighted by Gasteiger charge is -2.38. The summed E-state index contributed by atoms with van der Waals surface area (Å²) in [6.07, 6.45) is 15.4. The zero-order chi connectivity index (χ0) is 14.4. The molecule has 4 aliphatic carbocycles. The lowest BCUT2D eigenvalue weighted by atomic mass is 9.80. The van der Waals surface area contributed by atoms with Gasteiger partial charge < -0.3 is 4.74 Å². The lowest BCUT2D eigenvalue weighted by Crippen LogP contribution is -2.42. The van der Waals surface area contributed by atoms with Gasteiger partial charge in [0, 0.05) is 0 Å². The van der Waals surface area contributed by atoms with Crippen molar-refractivity contribution in [3.8, 4) is 0 Å². The second-order valence-corrected chi connectivity index (χ2v) is 8.06. The number of carbonyl (C=O) groups excluding carboxylic acids is 1. The molecule has 4 aliphatic rings. The summed E-state index contributed by atoms with van der Waals surface area (Å²) in [5.74, 6) is 2.92. The highest BCUT2D eigenvalue weighted by atomic mass is 16.6. The average Bonchev–Trinajstić information content (AvgIpc) is 3.24. The minimum Gasteiger partial charge on any atom is -0.459 e. The van der Waals surface area contributed by atoms with Crippen LogP contribution >= 0.6 is 0 Å². The molecule has 4 bridgehead atoms. The fourth-order valence-corrected chi connectivity index (χ4v) is 5.68. The molecule has 116 valence electrons. The van der Waals surface area contributed by atoms with E-state index < -0.39 is 0 Å². The third kappa shape index (κ3) is 2.26. The largest absolute Gasteiger partial charge is 0.459 e. The maximum absolute atomic E-state index is 12.8. The summed E-state index contributed by atoms with van der Waals surface area (Å²) in [4.78, 5) is 12.8. The molecule has 0 aromatic carbocycles. The first kappa shape index (κ1) is 13.8. The van der Waals surface area contributed by atoms with Crippen LogP contribution in [0.25, 0.3) is 0 Å². The van der Waals surface area contributed by atoms with E-state index >= 15 is 0 Å². The molecule has 4 rings (SSSR count). The standard InChI is InChI=1S/C19H28O2/c1-2-3-8-19(12-14-5-7-16(19)10-14)21-18(20)17-11-13-4-6-15(17)9-13/h4,6,13-17H,2-3,5,7-12H2,1H3. The number of allylic oxidation sites excluding steroid dienone is 2. The van der Waals surface area contributed by atoms with Crippen LogP contribution < -0.4 is 0 Å². The minimum absolute atomic E-state index is 0.0818. The summed E-state index contributed by atoms with van der Waals surface area (Å²) in [5.41, 5.74) is -0.0818. The first-order chi connectivity index (χ1) is 10.2. The van der Waals surface area contributed by atoms with E-state index in [-0.39, 0.29) is 17.5 Å². The van der Waals surface area contributed by atoms with Crippen molar-refractivity contribution >= 4 is 5.97 Å². The van der Waals surface area contributed by atoms with Crippen molar-refractivity contribution in [1.82, 2.24) is 0 Å². The van der Waals surface area contributed by atoms with E-state index in [0.29, 0.717) is 17.8 Å². The normalized spacial score (nSPS) is 46.4. The van der Waals surface area contributed by atoms with Gasteiger partial charge in [-0.1, -0.05) is 25.5 Å². The van der Waals surface area contributed by atoms with E-state index in [1.54, 1.807) is 0 Å². The van der Waals surface area contributed by atoms with Gasteiger partial charge in [-0.2, -0.15) is 0 Å². The maximum Gasteiger partial charge on any atom is 0.310 e. The summed E-state index contributed by atoms with van der Waals surface area (Å²) < 4.78 is 6.30. The molecule has 0 N–H and O–H groups in total. The first-order valence-corrected chi connectivity index (χ1v) is 9.11. The molecule has 3 fully saturated rings. The van der Waals surface area contributed by atoms with Gasteiger partial charge in [0.25, 0.3) is 0 Å². The zero-order valence-electron chi connectivity index (χ0n) is 13.2. The van der Waals surface area contributed by atoms with Crippen LogP contribution in [0.5, 0.6) is 0 Å². The van der Waals surface area contributed by atoms with Crippen molar-refractivity contribution in [3.05, 3.63) is 12.2 Å². The molecule has 0 aromatic rings. The molecule has 6 atom stereocenters. The molecule has 3 saturated carbocycles. The van der Waals surface area contributed by atoms with Crippen molar-refractivity contribution in [2.75, 3.05) is 0 Å². The van der Waals surface area contributed by atoms with Gasteiger partial charge in [0.2, 0.25) is 0 Å². The Morgan fingerprint density at radius 3 is 2.71 bits per heavy atom. The van der Waals surface area contributed by atoms with Crippen LogP contribution in [0.1, 0.15) is 64.7 Å². The Bertz CT molecular complexity index is 454. The van der Waals surface area contributed by atoms with Gasteiger partial charge in [0.1, 0.15) is 5.60 Å². The van der Waals surface area contributed by atoms with Gasteiger partial charge in [-0.3, -0.25) is 4.79 Å². The van der Waals surface area contributed by atoms with Gasteiger partial charge in [-0.15, -0.1) is 0 Å². The first-order valence-electron chi connectivity index (χ1n) is 9.11. The smallest absolute Gasteiger partial charge is 0.310 e. The molecule has 0 aliphatic heterocycles. The Kier molecular flexibility index (Phi) is 3.39. The summed E-state index contributed by atoms with van der Waals surface area (Å²) in [6.45, 7) is 2.24. The predicted molar refractivity (Wildman–Crippen MR) is 82.6 cm³/mol. The summed E-state index contributed by atoms with van der Waals surface area (Å²) in [7, 11) is 0. The Hall–Kier alpha value is -0.790. The monoisotopic (exact) mass is 288 g/mol. The van der Waals surface area contributed by atoms with Gasteiger partial charge in [-0.05, 0) is 75.0 Å². The summed E-state index contributed by atoms with van der Waals surface area (Å²) in [6, 6.07) is 0. The molecule has 2 heteroatoms. The molecule has 0 radical (unpaired) electrons. The van der Waals surface area contributed by atoms with E-state index in [1.165, 1.54) is 38.5 Å². The van der Waals surface area contributed by atoms with Crippen LogP contribution in [0.2, 0.25) is 0 Å². The number of ether oxygens (including phenoxy) is 1. The van der Waals surface area contributed by atoms with Gasteiger partial charge in [0.15, 0.2) is 0 Å². The molecule has 2 nitrogen and oxygen atoms in total. The van der Waals surface area contributed by atoms with Crippen molar-refractivity contribution < 1.29 is 9.53 Å².